The standard InChI is InChI=1S/C24H42BrNO8S/c1-9-17(25)10-15(2)32-20(29)14-35-13-16(11-18(27)33-23(3,4)5)21(22(30)31)26-12-19(28)34-24(6,7)8/h15-17,21,26H,9-14H2,1-8H3,(H,30,31). The van der Waals surface area contributed by atoms with E-state index in [9.17, 15) is 24.3 Å². The van der Waals surface area contributed by atoms with E-state index >= 15 is 0 Å². The van der Waals surface area contributed by atoms with Crippen molar-refractivity contribution in [3.63, 3.8) is 0 Å². The molecular weight excluding hydrogens is 542 g/mol. The maximum absolute atomic E-state index is 12.5. The molecule has 0 aromatic rings. The molecule has 0 saturated carbocycles. The van der Waals surface area contributed by atoms with E-state index in [1.807, 2.05) is 13.8 Å². The van der Waals surface area contributed by atoms with E-state index in [2.05, 4.69) is 21.2 Å². The molecule has 0 bridgehead atoms. The van der Waals surface area contributed by atoms with E-state index in [1.165, 1.54) is 11.8 Å². The number of thioether (sulfide) groups is 1. The number of carboxylic acids is 1. The van der Waals surface area contributed by atoms with Gasteiger partial charge in [-0.1, -0.05) is 22.9 Å². The lowest BCUT2D eigenvalue weighted by Gasteiger charge is -2.27. The summed E-state index contributed by atoms with van der Waals surface area (Å²) in [4.78, 5) is 49.0. The fraction of sp³-hybridized carbons (Fsp3) is 0.833. The third kappa shape index (κ3) is 17.7. The van der Waals surface area contributed by atoms with Crippen molar-refractivity contribution in [2.24, 2.45) is 5.92 Å². The molecule has 204 valence electrons. The van der Waals surface area contributed by atoms with Gasteiger partial charge >= 0.3 is 23.9 Å². The van der Waals surface area contributed by atoms with E-state index < -0.39 is 47.0 Å². The van der Waals surface area contributed by atoms with Gasteiger partial charge < -0.3 is 19.3 Å². The molecular formula is C24H42BrNO8S. The number of esters is 3. The maximum atomic E-state index is 12.5. The molecule has 35 heavy (non-hydrogen) atoms. The summed E-state index contributed by atoms with van der Waals surface area (Å²) < 4.78 is 16.0. The van der Waals surface area contributed by atoms with Crippen LogP contribution in [0.25, 0.3) is 0 Å². The van der Waals surface area contributed by atoms with Crippen LogP contribution in [-0.2, 0) is 33.4 Å². The lowest BCUT2D eigenvalue weighted by molar-refractivity contribution is -0.156. The van der Waals surface area contributed by atoms with Crippen molar-refractivity contribution in [2.75, 3.05) is 18.1 Å². The van der Waals surface area contributed by atoms with E-state index in [0.29, 0.717) is 6.42 Å². The minimum atomic E-state index is -1.23. The van der Waals surface area contributed by atoms with Crippen molar-refractivity contribution >= 4 is 51.6 Å². The highest BCUT2D eigenvalue weighted by Gasteiger charge is 2.32. The van der Waals surface area contributed by atoms with Gasteiger partial charge in [-0.2, -0.15) is 0 Å². The predicted molar refractivity (Wildman–Crippen MR) is 140 cm³/mol. The van der Waals surface area contributed by atoms with E-state index in [1.54, 1.807) is 41.5 Å². The second-order valence-electron chi connectivity index (χ2n) is 10.4. The molecule has 0 aromatic carbocycles. The minimum Gasteiger partial charge on any atom is -0.480 e. The monoisotopic (exact) mass is 583 g/mol. The molecule has 0 aliphatic rings. The Bertz CT molecular complexity index is 705. The molecule has 0 aliphatic heterocycles. The second-order valence-corrected chi connectivity index (χ2v) is 12.7. The van der Waals surface area contributed by atoms with Crippen LogP contribution in [0.15, 0.2) is 0 Å². The summed E-state index contributed by atoms with van der Waals surface area (Å²) in [7, 11) is 0. The van der Waals surface area contributed by atoms with Crippen LogP contribution in [-0.4, -0.2) is 75.2 Å². The quantitative estimate of drug-likeness (QED) is 0.166. The Morgan fingerprint density at radius 1 is 0.971 bits per heavy atom. The maximum Gasteiger partial charge on any atom is 0.321 e. The van der Waals surface area contributed by atoms with Gasteiger partial charge in [-0.3, -0.25) is 24.5 Å². The number of aliphatic carboxylic acids is 1. The van der Waals surface area contributed by atoms with Gasteiger partial charge in [0.1, 0.15) is 23.3 Å². The number of hydrogen-bond donors (Lipinski definition) is 2. The number of halogens is 1. The molecule has 11 heteroatoms. The summed E-state index contributed by atoms with van der Waals surface area (Å²) in [6.45, 7) is 13.8. The van der Waals surface area contributed by atoms with Gasteiger partial charge in [0, 0.05) is 10.7 Å². The second kappa shape index (κ2) is 15.7. The Labute approximate surface area is 221 Å². The topological polar surface area (TPSA) is 128 Å². The molecule has 0 amide bonds. The third-order valence-corrected chi connectivity index (χ3v) is 6.51. The first-order valence-corrected chi connectivity index (χ1v) is 13.8. The van der Waals surface area contributed by atoms with Crippen LogP contribution in [0.3, 0.4) is 0 Å². The molecule has 4 unspecified atom stereocenters. The fourth-order valence-corrected chi connectivity index (χ4v) is 4.52. The molecule has 0 fully saturated rings. The summed E-state index contributed by atoms with van der Waals surface area (Å²) in [5.41, 5.74) is -1.45. The number of rotatable bonds is 15. The number of carboxylic acid groups (broad SMARTS) is 1. The summed E-state index contributed by atoms with van der Waals surface area (Å²) in [6, 6.07) is -1.23. The highest BCUT2D eigenvalue weighted by atomic mass is 79.9. The van der Waals surface area contributed by atoms with Gasteiger partial charge in [-0.05, 0) is 67.1 Å². The average Bonchev–Trinajstić information content (AvgIpc) is 2.64. The van der Waals surface area contributed by atoms with Gasteiger partial charge in [0.05, 0.1) is 18.7 Å². The molecule has 0 saturated heterocycles. The number of alkyl halides is 1. The zero-order valence-corrected chi connectivity index (χ0v) is 24.5. The molecule has 2 N–H and O–H groups in total. The first-order valence-electron chi connectivity index (χ1n) is 11.7. The minimum absolute atomic E-state index is 0.00659. The first kappa shape index (κ1) is 33.7. The van der Waals surface area contributed by atoms with E-state index in [4.69, 9.17) is 14.2 Å². The van der Waals surface area contributed by atoms with Crippen molar-refractivity contribution in [1.82, 2.24) is 5.32 Å². The molecule has 0 radical (unpaired) electrons. The molecule has 0 aliphatic carbocycles. The van der Waals surface area contributed by atoms with Crippen LogP contribution >= 0.6 is 27.7 Å². The van der Waals surface area contributed by atoms with Crippen molar-refractivity contribution in [3.05, 3.63) is 0 Å². The van der Waals surface area contributed by atoms with Gasteiger partial charge in [0.25, 0.3) is 0 Å². The van der Waals surface area contributed by atoms with Crippen molar-refractivity contribution in [3.8, 4) is 0 Å². The Balaban J connectivity index is 5.21. The Kier molecular flexibility index (Phi) is 15.1. The zero-order chi connectivity index (χ0) is 27.4. The van der Waals surface area contributed by atoms with E-state index in [-0.39, 0.29) is 35.4 Å². The SMILES string of the molecule is CCC(Br)CC(C)OC(=O)CSCC(CC(=O)OC(C)(C)C)C(NCC(=O)OC(C)(C)C)C(=O)O. The van der Waals surface area contributed by atoms with Crippen LogP contribution in [0.1, 0.15) is 74.7 Å². The smallest absolute Gasteiger partial charge is 0.321 e. The third-order valence-electron chi connectivity index (χ3n) is 4.39. The molecule has 0 aromatic heterocycles. The number of carbonyl (C=O) groups excluding carboxylic acids is 3. The Morgan fingerprint density at radius 2 is 1.51 bits per heavy atom. The lowest BCUT2D eigenvalue weighted by atomic mass is 9.97. The van der Waals surface area contributed by atoms with Crippen LogP contribution in [0, 0.1) is 5.92 Å². The van der Waals surface area contributed by atoms with Gasteiger partial charge in [0.2, 0.25) is 0 Å². The summed E-state index contributed by atoms with van der Waals surface area (Å²) in [5, 5.41) is 12.5. The van der Waals surface area contributed by atoms with Crippen LogP contribution < -0.4 is 5.32 Å². The van der Waals surface area contributed by atoms with Gasteiger partial charge in [-0.15, -0.1) is 11.8 Å². The van der Waals surface area contributed by atoms with Crippen molar-refractivity contribution < 1.29 is 38.5 Å². The largest absolute Gasteiger partial charge is 0.480 e. The van der Waals surface area contributed by atoms with Crippen LogP contribution in [0.5, 0.6) is 0 Å². The molecule has 9 nitrogen and oxygen atoms in total. The first-order chi connectivity index (χ1) is 15.9. The Morgan fingerprint density at radius 3 is 2.00 bits per heavy atom. The summed E-state index contributed by atoms with van der Waals surface area (Å²) >= 11 is 4.69. The number of hydrogen-bond acceptors (Lipinski definition) is 9. The molecule has 0 spiro atoms. The highest BCUT2D eigenvalue weighted by molar-refractivity contribution is 9.09. The number of nitrogens with one attached hydrogen (secondary N) is 1. The number of ether oxygens (including phenoxy) is 3. The average molecular weight is 585 g/mol. The molecule has 4 atom stereocenters. The summed E-state index contributed by atoms with van der Waals surface area (Å²) in [6.07, 6.45) is 1.14. The fourth-order valence-electron chi connectivity index (χ4n) is 3.02. The normalized spacial score (nSPS) is 15.5. The van der Waals surface area contributed by atoms with Gasteiger partial charge in [0.15, 0.2) is 0 Å². The molecule has 0 rings (SSSR count). The summed E-state index contributed by atoms with van der Waals surface area (Å²) in [5.74, 6) is -3.38. The van der Waals surface area contributed by atoms with Crippen molar-refractivity contribution in [1.29, 1.82) is 0 Å². The predicted octanol–water partition coefficient (Wildman–Crippen LogP) is 3.95. The Hall–Kier alpha value is -1.33. The lowest BCUT2D eigenvalue weighted by Crippen LogP contribution is -2.47. The van der Waals surface area contributed by atoms with Crippen LogP contribution in [0.2, 0.25) is 0 Å². The number of carbonyl (C=O) groups is 4. The van der Waals surface area contributed by atoms with Crippen LogP contribution in [0.4, 0.5) is 0 Å². The molecule has 0 heterocycles. The van der Waals surface area contributed by atoms with Crippen molar-refractivity contribution in [2.45, 2.75) is 103 Å². The zero-order valence-electron chi connectivity index (χ0n) is 22.1. The van der Waals surface area contributed by atoms with E-state index in [0.717, 1.165) is 6.42 Å². The van der Waals surface area contributed by atoms with Gasteiger partial charge in [-0.25, -0.2) is 0 Å². The highest BCUT2D eigenvalue weighted by Crippen LogP contribution is 2.21.